The summed E-state index contributed by atoms with van der Waals surface area (Å²) < 4.78 is 73.5. The Hall–Kier alpha value is -6.34. The number of rotatable bonds is 12. The zero-order valence-electron chi connectivity index (χ0n) is 25.5. The molecule has 0 unspecified atom stereocenters. The smallest absolute Gasteiger partial charge is 0.232 e. The minimum atomic E-state index is -5.03. The fourth-order valence-electron chi connectivity index (χ4n) is 4.51. The SMILES string of the molecule is O=S(=O)([O-])c1cc(Nc2ncnc(Nc3ccccc3)n2)ccc1/C=C/c1ccc(Nc2ncnc(Nc3ccccc3)n2)cc1S(=O)(=O)[O-]. The molecule has 6 rings (SSSR count). The average molecular weight is 709 g/mol. The quantitative estimate of drug-likeness (QED) is 0.0964. The highest BCUT2D eigenvalue weighted by Gasteiger charge is 2.13. The Labute approximate surface area is 286 Å². The van der Waals surface area contributed by atoms with Gasteiger partial charge in [-0.25, -0.2) is 36.8 Å². The first-order chi connectivity index (χ1) is 24.0. The van der Waals surface area contributed by atoms with Gasteiger partial charge in [0.05, 0.1) is 9.79 Å². The summed E-state index contributed by atoms with van der Waals surface area (Å²) in [7, 11) is -10.1. The fraction of sp³-hybridized carbons (Fsp3) is 0. The van der Waals surface area contributed by atoms with Crippen LogP contribution in [0.15, 0.2) is 120 Å². The lowest BCUT2D eigenvalue weighted by Gasteiger charge is -2.15. The van der Waals surface area contributed by atoms with E-state index in [0.717, 1.165) is 23.5 Å². The van der Waals surface area contributed by atoms with Gasteiger partial charge in [0, 0.05) is 22.7 Å². The van der Waals surface area contributed by atoms with Gasteiger partial charge in [-0.1, -0.05) is 60.7 Å². The zero-order chi connectivity index (χ0) is 35.1. The molecule has 252 valence electrons. The van der Waals surface area contributed by atoms with Crippen LogP contribution in [0, 0.1) is 0 Å². The lowest BCUT2D eigenvalue weighted by molar-refractivity contribution is 0.460. The number of hydrogen-bond donors (Lipinski definition) is 4. The summed E-state index contributed by atoms with van der Waals surface area (Å²) in [5.74, 6) is 0.563. The zero-order valence-corrected chi connectivity index (χ0v) is 27.1. The minimum absolute atomic E-state index is 0.0623. The van der Waals surface area contributed by atoms with Crippen LogP contribution in [0.3, 0.4) is 0 Å². The summed E-state index contributed by atoms with van der Waals surface area (Å²) in [5, 5.41) is 11.7. The van der Waals surface area contributed by atoms with Crippen molar-refractivity contribution in [3.63, 3.8) is 0 Å². The standard InChI is InChI=1S/C32H26N10O6S2/c43-49(44,45)27-17-25(39-31-35-19-33-29(41-31)37-23-7-3-1-4-8-23)15-13-21(27)11-12-22-14-16-26(18-28(22)50(46,47)48)40-32-36-20-34-30(42-32)38-24-9-5-2-6-10-24/h1-20H,(H,43,44,45)(H,46,47,48)(H2,33,35,37,39,41)(H2,34,36,38,40,42)/p-2/b12-11+. The number of nitrogens with zero attached hydrogens (tertiary/aromatic N) is 6. The number of para-hydroxylation sites is 2. The van der Waals surface area contributed by atoms with Crippen molar-refractivity contribution < 1.29 is 25.9 Å². The molecular formula is C32H24N10O6S2-2. The molecule has 0 spiro atoms. The van der Waals surface area contributed by atoms with Crippen molar-refractivity contribution in [1.29, 1.82) is 0 Å². The molecule has 2 aromatic heterocycles. The topological polar surface area (TPSA) is 240 Å². The van der Waals surface area contributed by atoms with E-state index in [1.165, 1.54) is 49.1 Å². The van der Waals surface area contributed by atoms with Gasteiger partial charge in [-0.3, -0.25) is 0 Å². The molecule has 0 bridgehead atoms. The van der Waals surface area contributed by atoms with Gasteiger partial charge in [-0.05, 0) is 59.7 Å². The van der Waals surface area contributed by atoms with Crippen LogP contribution in [0.5, 0.6) is 0 Å². The van der Waals surface area contributed by atoms with Gasteiger partial charge >= 0.3 is 0 Å². The molecular weight excluding hydrogens is 685 g/mol. The van der Waals surface area contributed by atoms with Crippen LogP contribution >= 0.6 is 0 Å². The summed E-state index contributed by atoms with van der Waals surface area (Å²) in [5.41, 5.74) is 1.68. The van der Waals surface area contributed by atoms with Gasteiger partial charge in [-0.15, -0.1) is 0 Å². The van der Waals surface area contributed by atoms with Crippen molar-refractivity contribution in [3.8, 4) is 0 Å². The number of anilines is 8. The second kappa shape index (κ2) is 14.4. The highest BCUT2D eigenvalue weighted by atomic mass is 32.2. The molecule has 0 aliphatic carbocycles. The Balaban J connectivity index is 1.23. The molecule has 4 aromatic carbocycles. The van der Waals surface area contributed by atoms with E-state index in [1.807, 2.05) is 60.7 Å². The second-order valence-electron chi connectivity index (χ2n) is 10.2. The number of hydrogen-bond acceptors (Lipinski definition) is 16. The van der Waals surface area contributed by atoms with Crippen molar-refractivity contribution in [2.75, 3.05) is 21.3 Å². The van der Waals surface area contributed by atoms with Gasteiger partial charge < -0.3 is 30.4 Å². The van der Waals surface area contributed by atoms with Crippen molar-refractivity contribution in [2.45, 2.75) is 9.79 Å². The molecule has 4 N–H and O–H groups in total. The summed E-state index contributed by atoms with van der Waals surface area (Å²) in [4.78, 5) is 23.5. The third kappa shape index (κ3) is 8.76. The first-order valence-corrected chi connectivity index (χ1v) is 17.3. The molecule has 16 nitrogen and oxygen atoms in total. The average Bonchev–Trinajstić information content (AvgIpc) is 3.08. The molecule has 50 heavy (non-hydrogen) atoms. The van der Waals surface area contributed by atoms with Crippen molar-refractivity contribution >= 4 is 78.9 Å². The van der Waals surface area contributed by atoms with E-state index in [9.17, 15) is 25.9 Å². The first kappa shape index (κ1) is 33.6. The predicted molar refractivity (Wildman–Crippen MR) is 183 cm³/mol. The number of benzene rings is 4. The molecule has 18 heteroatoms. The molecule has 2 heterocycles. The van der Waals surface area contributed by atoms with E-state index in [0.29, 0.717) is 0 Å². The normalized spacial score (nSPS) is 11.6. The fourth-order valence-corrected chi connectivity index (χ4v) is 5.90. The van der Waals surface area contributed by atoms with Gasteiger partial charge in [-0.2, -0.15) is 9.97 Å². The van der Waals surface area contributed by atoms with Crippen molar-refractivity contribution in [3.05, 3.63) is 121 Å². The maximum absolute atomic E-state index is 12.3. The van der Waals surface area contributed by atoms with Gasteiger partial charge in [0.2, 0.25) is 23.8 Å². The lowest BCUT2D eigenvalue weighted by Crippen LogP contribution is -2.06. The highest BCUT2D eigenvalue weighted by Crippen LogP contribution is 2.28. The maximum atomic E-state index is 12.3. The van der Waals surface area contributed by atoms with Gasteiger partial charge in [0.25, 0.3) is 0 Å². The Morgan fingerprint density at radius 2 is 0.800 bits per heavy atom. The van der Waals surface area contributed by atoms with E-state index in [4.69, 9.17) is 0 Å². The Kier molecular flexibility index (Phi) is 9.68. The van der Waals surface area contributed by atoms with E-state index in [1.54, 1.807) is 0 Å². The summed E-state index contributed by atoms with van der Waals surface area (Å²) in [6.07, 6.45) is 4.92. The van der Waals surface area contributed by atoms with Crippen molar-refractivity contribution in [2.24, 2.45) is 0 Å². The van der Waals surface area contributed by atoms with Crippen LogP contribution in [0.1, 0.15) is 11.1 Å². The van der Waals surface area contributed by atoms with Crippen LogP contribution in [0.4, 0.5) is 46.5 Å². The van der Waals surface area contributed by atoms with E-state index < -0.39 is 30.0 Å². The third-order valence-corrected chi connectivity index (χ3v) is 8.51. The maximum Gasteiger partial charge on any atom is 0.232 e. The lowest BCUT2D eigenvalue weighted by atomic mass is 10.1. The predicted octanol–water partition coefficient (Wildman–Crippen LogP) is 5.01. The van der Waals surface area contributed by atoms with Crippen LogP contribution in [0.2, 0.25) is 0 Å². The van der Waals surface area contributed by atoms with Gasteiger partial charge in [0.1, 0.15) is 32.9 Å². The van der Waals surface area contributed by atoms with Crippen LogP contribution < -0.4 is 21.3 Å². The second-order valence-corrected chi connectivity index (χ2v) is 12.9. The monoisotopic (exact) mass is 708 g/mol. The summed E-state index contributed by atoms with van der Waals surface area (Å²) in [6, 6.07) is 26.0. The minimum Gasteiger partial charge on any atom is -0.744 e. The molecule has 0 radical (unpaired) electrons. The number of aromatic nitrogens is 6. The van der Waals surface area contributed by atoms with Crippen molar-refractivity contribution in [1.82, 2.24) is 29.9 Å². The van der Waals surface area contributed by atoms with Crippen LogP contribution in [0.25, 0.3) is 12.2 Å². The summed E-state index contributed by atoms with van der Waals surface area (Å²) >= 11 is 0. The Morgan fingerprint density at radius 3 is 1.14 bits per heavy atom. The molecule has 0 atom stereocenters. The van der Waals surface area contributed by atoms with Crippen LogP contribution in [-0.4, -0.2) is 55.8 Å². The molecule has 0 amide bonds. The molecule has 0 aliphatic rings. The highest BCUT2D eigenvalue weighted by molar-refractivity contribution is 7.86. The largest absolute Gasteiger partial charge is 0.744 e. The molecule has 6 aromatic rings. The molecule has 0 fully saturated rings. The third-order valence-electron chi connectivity index (χ3n) is 6.72. The van der Waals surface area contributed by atoms with E-state index in [2.05, 4.69) is 51.2 Å². The Bertz CT molecular complexity index is 2230. The van der Waals surface area contributed by atoms with Crippen LogP contribution in [-0.2, 0) is 20.2 Å². The molecule has 0 saturated carbocycles. The Morgan fingerprint density at radius 1 is 0.460 bits per heavy atom. The van der Waals surface area contributed by atoms with E-state index in [-0.39, 0.29) is 46.3 Å². The summed E-state index contributed by atoms with van der Waals surface area (Å²) in [6.45, 7) is 0. The molecule has 0 aliphatic heterocycles. The van der Waals surface area contributed by atoms with Gasteiger partial charge in [0.15, 0.2) is 0 Å². The molecule has 0 saturated heterocycles. The number of nitrogens with one attached hydrogen (secondary N) is 4. The first-order valence-electron chi connectivity index (χ1n) is 14.4. The van der Waals surface area contributed by atoms with E-state index >= 15 is 0 Å².